The Labute approximate surface area is 143 Å². The van der Waals surface area contributed by atoms with E-state index in [1.54, 1.807) is 12.1 Å². The Morgan fingerprint density at radius 1 is 1.12 bits per heavy atom. The van der Waals surface area contributed by atoms with Crippen molar-refractivity contribution in [3.8, 4) is 0 Å². The second kappa shape index (κ2) is 7.33. The van der Waals surface area contributed by atoms with Gasteiger partial charge in [0, 0.05) is 12.1 Å². The zero-order chi connectivity index (χ0) is 16.8. The van der Waals surface area contributed by atoms with Crippen molar-refractivity contribution in [3.05, 3.63) is 82.4 Å². The van der Waals surface area contributed by atoms with Gasteiger partial charge < -0.3 is 20.2 Å². The van der Waals surface area contributed by atoms with Crippen molar-refractivity contribution in [1.29, 1.82) is 0 Å². The molecule has 3 rings (SSSR count). The average molecular weight is 342 g/mol. The smallest absolute Gasteiger partial charge is 0.315 e. The van der Waals surface area contributed by atoms with Crippen LogP contribution in [0.3, 0.4) is 0 Å². The molecule has 0 bridgehead atoms. The molecule has 0 radical (unpaired) electrons. The zero-order valence-electron chi connectivity index (χ0n) is 12.9. The van der Waals surface area contributed by atoms with E-state index in [4.69, 9.17) is 4.42 Å². The third-order valence-electron chi connectivity index (χ3n) is 3.73. The van der Waals surface area contributed by atoms with Gasteiger partial charge in [0.05, 0.1) is 12.8 Å². The van der Waals surface area contributed by atoms with Crippen molar-refractivity contribution >= 4 is 17.4 Å². The summed E-state index contributed by atoms with van der Waals surface area (Å²) < 4.78 is 5.37. The minimum absolute atomic E-state index is 0.0118. The summed E-state index contributed by atoms with van der Waals surface area (Å²) in [5.74, 6) is 0.393. The number of rotatable bonds is 6. The number of nitrogens with one attached hydrogen (secondary N) is 2. The van der Waals surface area contributed by atoms with E-state index in [1.807, 2.05) is 47.2 Å². The highest BCUT2D eigenvalue weighted by Crippen LogP contribution is 2.30. The highest BCUT2D eigenvalue weighted by molar-refractivity contribution is 7.08. The summed E-state index contributed by atoms with van der Waals surface area (Å²) in [6.07, 6.45) is 1.50. The molecule has 0 saturated carbocycles. The Morgan fingerprint density at radius 3 is 2.62 bits per heavy atom. The van der Waals surface area contributed by atoms with Gasteiger partial charge >= 0.3 is 6.03 Å². The lowest BCUT2D eigenvalue weighted by Crippen LogP contribution is -2.45. The number of thiophene rings is 1. The summed E-state index contributed by atoms with van der Waals surface area (Å²) in [4.78, 5) is 12.0. The molecule has 6 heteroatoms. The van der Waals surface area contributed by atoms with Crippen LogP contribution in [0.5, 0.6) is 0 Å². The maximum atomic E-state index is 12.0. The summed E-state index contributed by atoms with van der Waals surface area (Å²) in [5.41, 5.74) is 0.297. The Kier molecular flexibility index (Phi) is 4.98. The van der Waals surface area contributed by atoms with E-state index in [-0.39, 0.29) is 12.6 Å². The minimum atomic E-state index is -1.40. The predicted octanol–water partition coefficient (Wildman–Crippen LogP) is 3.08. The van der Waals surface area contributed by atoms with Crippen LogP contribution < -0.4 is 10.6 Å². The van der Waals surface area contributed by atoms with Crippen LogP contribution in [0.15, 0.2) is 70.0 Å². The van der Waals surface area contributed by atoms with Crippen LogP contribution in [0.1, 0.15) is 16.9 Å². The molecule has 0 aliphatic carbocycles. The van der Waals surface area contributed by atoms with E-state index in [1.165, 1.54) is 17.6 Å². The van der Waals surface area contributed by atoms with Gasteiger partial charge in [-0.15, -0.1) is 0 Å². The lowest BCUT2D eigenvalue weighted by atomic mass is 9.93. The number of furan rings is 1. The van der Waals surface area contributed by atoms with Crippen LogP contribution in [0.4, 0.5) is 4.79 Å². The highest BCUT2D eigenvalue weighted by atomic mass is 32.1. The fourth-order valence-electron chi connectivity index (χ4n) is 2.39. The van der Waals surface area contributed by atoms with Crippen LogP contribution >= 0.6 is 11.3 Å². The van der Waals surface area contributed by atoms with E-state index in [0.717, 1.165) is 5.56 Å². The van der Waals surface area contributed by atoms with E-state index in [0.29, 0.717) is 17.9 Å². The second-order valence-corrected chi connectivity index (χ2v) is 6.15. The summed E-state index contributed by atoms with van der Waals surface area (Å²) in [7, 11) is 0. The molecule has 2 heterocycles. The normalized spacial score (nSPS) is 13.2. The van der Waals surface area contributed by atoms with Gasteiger partial charge in [0.15, 0.2) is 5.60 Å². The molecule has 1 atom stereocenters. The number of benzene rings is 1. The number of aliphatic hydroxyl groups is 1. The number of carbonyl (C=O) groups excluding carboxylic acids is 1. The minimum Gasteiger partial charge on any atom is -0.466 e. The van der Waals surface area contributed by atoms with Crippen LogP contribution in [0.25, 0.3) is 0 Å². The van der Waals surface area contributed by atoms with Crippen molar-refractivity contribution in [3.63, 3.8) is 0 Å². The third kappa shape index (κ3) is 3.67. The Hall–Kier alpha value is -2.57. The molecule has 24 heavy (non-hydrogen) atoms. The molecule has 2 aromatic heterocycles. The van der Waals surface area contributed by atoms with Gasteiger partial charge in [-0.05, 0) is 34.5 Å². The molecule has 1 aromatic carbocycles. The molecule has 0 aliphatic heterocycles. The fraction of sp³-hybridized carbons (Fsp3) is 0.167. The predicted molar refractivity (Wildman–Crippen MR) is 92.7 cm³/mol. The molecule has 5 nitrogen and oxygen atoms in total. The van der Waals surface area contributed by atoms with Gasteiger partial charge in [0.25, 0.3) is 0 Å². The van der Waals surface area contributed by atoms with E-state index in [2.05, 4.69) is 10.6 Å². The van der Waals surface area contributed by atoms with Gasteiger partial charge in [0.1, 0.15) is 5.76 Å². The fourth-order valence-corrected chi connectivity index (χ4v) is 3.12. The Balaban J connectivity index is 1.63. The highest BCUT2D eigenvalue weighted by Gasteiger charge is 2.35. The molecular formula is C18H18N2O3S. The first kappa shape index (κ1) is 16.3. The number of hydrogen-bond donors (Lipinski definition) is 3. The standard InChI is InChI=1S/C18H18N2O3S/c21-17(19-11-14-5-2-1-3-6-14)20-13-18(22,15-8-10-24-12-15)16-7-4-9-23-16/h1-10,12,22H,11,13H2,(H2,19,20,21)/t18-/m0/s1. The van der Waals surface area contributed by atoms with Crippen LogP contribution in [0.2, 0.25) is 0 Å². The molecule has 0 unspecified atom stereocenters. The van der Waals surface area contributed by atoms with Crippen molar-refractivity contribution in [2.75, 3.05) is 6.54 Å². The molecule has 0 fully saturated rings. The number of urea groups is 1. The number of carbonyl (C=O) groups is 1. The SMILES string of the molecule is O=C(NCc1ccccc1)NC[C@](O)(c1ccsc1)c1ccco1. The number of amides is 2. The summed E-state index contributed by atoms with van der Waals surface area (Å²) >= 11 is 1.48. The number of hydrogen-bond acceptors (Lipinski definition) is 4. The average Bonchev–Trinajstić information content (AvgIpc) is 3.32. The van der Waals surface area contributed by atoms with Gasteiger partial charge in [-0.2, -0.15) is 11.3 Å². The van der Waals surface area contributed by atoms with Crippen molar-refractivity contribution in [2.24, 2.45) is 0 Å². The molecule has 124 valence electrons. The van der Waals surface area contributed by atoms with E-state index < -0.39 is 5.60 Å². The molecule has 0 saturated heterocycles. The molecular weight excluding hydrogens is 324 g/mol. The second-order valence-electron chi connectivity index (χ2n) is 5.37. The van der Waals surface area contributed by atoms with Gasteiger partial charge in [-0.3, -0.25) is 0 Å². The Morgan fingerprint density at radius 2 is 1.96 bits per heavy atom. The lowest BCUT2D eigenvalue weighted by Gasteiger charge is -2.25. The summed E-state index contributed by atoms with van der Waals surface area (Å²) in [6.45, 7) is 0.433. The van der Waals surface area contributed by atoms with Gasteiger partial charge in [-0.1, -0.05) is 30.3 Å². The zero-order valence-corrected chi connectivity index (χ0v) is 13.8. The third-order valence-corrected chi connectivity index (χ3v) is 4.41. The van der Waals surface area contributed by atoms with Crippen LogP contribution in [-0.4, -0.2) is 17.7 Å². The van der Waals surface area contributed by atoms with Crippen molar-refractivity contribution in [2.45, 2.75) is 12.1 Å². The van der Waals surface area contributed by atoms with Crippen molar-refractivity contribution < 1.29 is 14.3 Å². The molecule has 3 N–H and O–H groups in total. The monoisotopic (exact) mass is 342 g/mol. The quantitative estimate of drug-likeness (QED) is 0.644. The van der Waals surface area contributed by atoms with Gasteiger partial charge in [0.2, 0.25) is 0 Å². The van der Waals surface area contributed by atoms with Crippen molar-refractivity contribution in [1.82, 2.24) is 10.6 Å². The maximum absolute atomic E-state index is 12.0. The molecule has 0 aliphatic rings. The van der Waals surface area contributed by atoms with Crippen LogP contribution in [-0.2, 0) is 12.1 Å². The van der Waals surface area contributed by atoms with Crippen LogP contribution in [0, 0.1) is 0 Å². The lowest BCUT2D eigenvalue weighted by molar-refractivity contribution is 0.0591. The van der Waals surface area contributed by atoms with E-state index in [9.17, 15) is 9.90 Å². The Bertz CT molecular complexity index is 721. The first-order chi connectivity index (χ1) is 11.7. The largest absolute Gasteiger partial charge is 0.466 e. The van der Waals surface area contributed by atoms with E-state index >= 15 is 0 Å². The first-order valence-electron chi connectivity index (χ1n) is 7.53. The van der Waals surface area contributed by atoms with Gasteiger partial charge in [-0.25, -0.2) is 4.79 Å². The summed E-state index contributed by atoms with van der Waals surface area (Å²) in [6, 6.07) is 14.5. The topological polar surface area (TPSA) is 74.5 Å². The first-order valence-corrected chi connectivity index (χ1v) is 8.47. The summed E-state index contributed by atoms with van der Waals surface area (Å²) in [5, 5.41) is 20.2. The maximum Gasteiger partial charge on any atom is 0.315 e. The molecule has 3 aromatic rings. The molecule has 0 spiro atoms. The molecule has 2 amide bonds.